The minimum atomic E-state index is -4.73. The third-order valence-corrected chi connectivity index (χ3v) is 14.8. The third kappa shape index (κ3) is 9.36. The van der Waals surface area contributed by atoms with Gasteiger partial charge in [0.1, 0.15) is 23.0 Å². The summed E-state index contributed by atoms with van der Waals surface area (Å²) >= 11 is 0. The number of nitrogens with one attached hydrogen (secondary N) is 4. The number of imidazole rings is 1. The van der Waals surface area contributed by atoms with E-state index in [1.54, 1.807) is 92.1 Å². The molecule has 376 valence electrons. The van der Waals surface area contributed by atoms with E-state index in [0.717, 1.165) is 37.8 Å². The predicted octanol–water partition coefficient (Wildman–Crippen LogP) is 4.89. The predicted molar refractivity (Wildman–Crippen MR) is 261 cm³/mol. The van der Waals surface area contributed by atoms with Gasteiger partial charge in [-0.3, -0.25) is 33.6 Å². The Labute approximate surface area is 413 Å². The highest BCUT2D eigenvalue weighted by molar-refractivity contribution is 7.90. The van der Waals surface area contributed by atoms with Gasteiger partial charge < -0.3 is 25.0 Å². The van der Waals surface area contributed by atoms with Gasteiger partial charge in [0.15, 0.2) is 6.23 Å². The Balaban J connectivity index is 0.797. The number of aryl methyl sites for hydroxylation is 1. The van der Waals surface area contributed by atoms with Crippen molar-refractivity contribution in [3.05, 3.63) is 101 Å². The lowest BCUT2D eigenvalue weighted by Crippen LogP contribution is -2.64. The minimum absolute atomic E-state index is 0.00430. The van der Waals surface area contributed by atoms with Gasteiger partial charge in [-0.25, -0.2) is 28.7 Å². The van der Waals surface area contributed by atoms with Crippen LogP contribution in [-0.2, 0) is 36.1 Å². The average molecular weight is 1000 g/mol. The summed E-state index contributed by atoms with van der Waals surface area (Å²) in [5.41, 5.74) is 2.27. The molecule has 1 aliphatic carbocycles. The Morgan fingerprint density at radius 3 is 2.43 bits per heavy atom. The van der Waals surface area contributed by atoms with Crippen molar-refractivity contribution < 1.29 is 41.9 Å². The number of piperidine rings is 1. The summed E-state index contributed by atoms with van der Waals surface area (Å²) in [7, 11) is -3.06. The van der Waals surface area contributed by atoms with Gasteiger partial charge in [-0.05, 0) is 120 Å². The molecule has 0 bridgehead atoms. The van der Waals surface area contributed by atoms with E-state index < -0.39 is 44.6 Å². The number of likely N-dealkylation sites (tertiary alicyclic amines) is 1. The van der Waals surface area contributed by atoms with Crippen LogP contribution >= 0.6 is 0 Å². The van der Waals surface area contributed by atoms with Crippen LogP contribution < -0.4 is 26.4 Å². The Morgan fingerprint density at radius 1 is 0.944 bits per heavy atom. The van der Waals surface area contributed by atoms with E-state index in [-0.39, 0.29) is 53.4 Å². The molecular formula is C49H54N12O10S. The first-order valence-corrected chi connectivity index (χ1v) is 25.3. The van der Waals surface area contributed by atoms with Gasteiger partial charge in [-0.2, -0.15) is 18.6 Å². The lowest BCUT2D eigenvalue weighted by Gasteiger charge is -2.59. The molecule has 6 aromatic rings. The van der Waals surface area contributed by atoms with E-state index in [1.807, 2.05) is 16.9 Å². The number of hydrogen-bond donors (Lipinski definition) is 4. The summed E-state index contributed by atoms with van der Waals surface area (Å²) < 4.78 is 46.4. The van der Waals surface area contributed by atoms with Crippen LogP contribution in [0.25, 0.3) is 28.1 Å². The number of benzene rings is 2. The van der Waals surface area contributed by atoms with E-state index in [1.165, 1.54) is 26.1 Å². The average Bonchev–Trinajstić information content (AvgIpc) is 4.05. The fraction of sp³-hybridized carbons (Fsp3) is 0.408. The maximum atomic E-state index is 13.8. The first kappa shape index (κ1) is 48.0. The molecule has 23 heteroatoms. The Bertz CT molecular complexity index is 3310. The van der Waals surface area contributed by atoms with Crippen LogP contribution in [0.1, 0.15) is 98.8 Å². The number of anilines is 2. The molecule has 10 rings (SSSR count). The number of fused-ring (bicyclic) bond motifs is 1. The Kier molecular flexibility index (Phi) is 12.3. The summed E-state index contributed by atoms with van der Waals surface area (Å²) in [6.45, 7) is 7.18. The zero-order chi connectivity index (χ0) is 50.7. The van der Waals surface area contributed by atoms with Crippen molar-refractivity contribution in [1.29, 1.82) is 0 Å². The summed E-state index contributed by atoms with van der Waals surface area (Å²) in [4.78, 5) is 84.5. The molecule has 2 aromatic carbocycles. The lowest BCUT2D eigenvalue weighted by atomic mass is 9.57. The molecule has 4 fully saturated rings. The summed E-state index contributed by atoms with van der Waals surface area (Å²) in [5.74, 6) is -1.42. The van der Waals surface area contributed by atoms with Crippen molar-refractivity contribution >= 4 is 62.2 Å². The standard InChI is InChI=1S/C49H54N12O10S/c1-48(2,3)71-46(66)56-72(68,69)44-35(53-42(63)34-11-7-9-32(52-34)36-20-21-51-61(36)40-13-5-6-22-70-40)26-59(55-44)31-16-14-30(15-17-31)45(65)58-27-49(28-58)23-29(24-49)25-50-33-10-8-12-37-41(33)57(4)47(67)60(37)38-18-19-39(62)54-43(38)64/h7-12,14-17,20-21,26,29,38,40,50H,5-6,13,18-19,22-25,27-28H2,1-4H3,(H,53,63)(H,56,66)(H,54,62,64). The maximum absolute atomic E-state index is 13.8. The fourth-order valence-electron chi connectivity index (χ4n) is 10.3. The topological polar surface area (TPSA) is 265 Å². The second-order valence-electron chi connectivity index (χ2n) is 20.0. The van der Waals surface area contributed by atoms with Crippen LogP contribution in [0.4, 0.5) is 16.2 Å². The highest BCUT2D eigenvalue weighted by Crippen LogP contribution is 2.52. The van der Waals surface area contributed by atoms with Gasteiger partial charge in [0.05, 0.1) is 40.0 Å². The number of sulfonamides is 1. The minimum Gasteiger partial charge on any atom is -0.443 e. The highest BCUT2D eigenvalue weighted by atomic mass is 32.2. The van der Waals surface area contributed by atoms with Crippen molar-refractivity contribution in [2.45, 2.75) is 88.6 Å². The number of carbonyl (C=O) groups excluding carboxylic acids is 5. The molecule has 4 N–H and O–H groups in total. The second kappa shape index (κ2) is 18.5. The number of pyridine rings is 1. The summed E-state index contributed by atoms with van der Waals surface area (Å²) in [5, 5.41) is 16.5. The maximum Gasteiger partial charge on any atom is 0.421 e. The third-order valence-electron chi connectivity index (χ3n) is 13.5. The van der Waals surface area contributed by atoms with Gasteiger partial charge >= 0.3 is 11.8 Å². The normalized spacial score (nSPS) is 19.1. The molecule has 2 unspecified atom stereocenters. The molecule has 4 aliphatic rings. The molecule has 4 aromatic heterocycles. The molecule has 0 radical (unpaired) electrons. The number of nitrogens with zero attached hydrogens (tertiary/aromatic N) is 8. The number of carbonyl (C=O) groups is 5. The number of rotatable bonds is 12. The molecule has 22 nitrogen and oxygen atoms in total. The molecule has 1 saturated carbocycles. The number of amides is 5. The zero-order valence-electron chi connectivity index (χ0n) is 40.1. The summed E-state index contributed by atoms with van der Waals surface area (Å²) in [6, 6.07) is 17.8. The quantitative estimate of drug-likeness (QED) is 0.119. The van der Waals surface area contributed by atoms with Crippen molar-refractivity contribution in [2.75, 3.05) is 36.9 Å². The molecule has 7 heterocycles. The monoisotopic (exact) mass is 1000 g/mol. The van der Waals surface area contributed by atoms with Crippen LogP contribution in [0.5, 0.6) is 0 Å². The van der Waals surface area contributed by atoms with Gasteiger partial charge in [-0.15, -0.1) is 0 Å². The molecule has 72 heavy (non-hydrogen) atoms. The van der Waals surface area contributed by atoms with Crippen LogP contribution in [-0.4, -0.2) is 109 Å². The second-order valence-corrected chi connectivity index (χ2v) is 21.6. The molecule has 5 amide bonds. The number of imide groups is 1. The van der Waals surface area contributed by atoms with Gasteiger partial charge in [0.2, 0.25) is 16.8 Å². The Hall–Kier alpha value is -7.66. The van der Waals surface area contributed by atoms with Crippen molar-refractivity contribution in [3.63, 3.8) is 0 Å². The smallest absolute Gasteiger partial charge is 0.421 e. The van der Waals surface area contributed by atoms with Gasteiger partial charge in [0.25, 0.3) is 21.8 Å². The van der Waals surface area contributed by atoms with E-state index >= 15 is 0 Å². The van der Waals surface area contributed by atoms with Crippen molar-refractivity contribution in [3.8, 4) is 17.1 Å². The zero-order valence-corrected chi connectivity index (χ0v) is 40.9. The molecule has 2 atom stereocenters. The lowest BCUT2D eigenvalue weighted by molar-refractivity contribution is -0.135. The molecular weight excluding hydrogens is 949 g/mol. The number of ether oxygens (including phenoxy) is 2. The molecule has 3 saturated heterocycles. The van der Waals surface area contributed by atoms with Crippen LogP contribution in [0.3, 0.4) is 0 Å². The summed E-state index contributed by atoms with van der Waals surface area (Å²) in [6.07, 6.45) is 6.33. The van der Waals surface area contributed by atoms with Gasteiger partial charge in [-0.1, -0.05) is 12.1 Å². The van der Waals surface area contributed by atoms with Gasteiger partial charge in [0, 0.05) is 56.9 Å². The van der Waals surface area contributed by atoms with Crippen LogP contribution in [0.15, 0.2) is 88.9 Å². The largest absolute Gasteiger partial charge is 0.443 e. The molecule has 3 aliphatic heterocycles. The first-order chi connectivity index (χ1) is 34.3. The SMILES string of the molecule is Cn1c(=O)n(C2CCC(=O)NC2=O)c2cccc(NCC3CC4(C3)CN(C(=O)c3ccc(-n5cc(NC(=O)c6cccc(-c7ccnn7C7CCCCO7)n6)c(S(=O)(=O)NC(=O)OC(C)(C)C)n5)cc3)C4)c21. The highest BCUT2D eigenvalue weighted by Gasteiger charge is 2.53. The number of aromatic nitrogens is 7. The molecule has 1 spiro atoms. The Morgan fingerprint density at radius 2 is 1.71 bits per heavy atom. The van der Waals surface area contributed by atoms with E-state index in [2.05, 4.69) is 31.1 Å². The van der Waals surface area contributed by atoms with Crippen molar-refractivity contribution in [1.82, 2.24) is 48.6 Å². The fourth-order valence-corrected chi connectivity index (χ4v) is 11.2. The van der Waals surface area contributed by atoms with E-state index in [4.69, 9.17) is 9.47 Å². The van der Waals surface area contributed by atoms with E-state index in [9.17, 15) is 37.2 Å². The first-order valence-electron chi connectivity index (χ1n) is 23.8. The number of hydrogen-bond acceptors (Lipinski definition) is 14. The van der Waals surface area contributed by atoms with Crippen LogP contribution in [0.2, 0.25) is 0 Å². The van der Waals surface area contributed by atoms with E-state index in [0.29, 0.717) is 65.8 Å². The van der Waals surface area contributed by atoms with Crippen LogP contribution in [0, 0.1) is 11.3 Å². The van der Waals surface area contributed by atoms with Crippen molar-refractivity contribution in [2.24, 2.45) is 18.4 Å². The number of para-hydroxylation sites is 1.